The number of carbonyl (C=O) groups is 3. The van der Waals surface area contributed by atoms with Crippen LogP contribution in [0.15, 0.2) is 42.1 Å². The van der Waals surface area contributed by atoms with E-state index in [0.29, 0.717) is 5.56 Å². The molecule has 1 aromatic rings. The van der Waals surface area contributed by atoms with Crippen molar-refractivity contribution < 1.29 is 28.6 Å². The smallest absolute Gasteiger partial charge is 0.350 e. The second kappa shape index (κ2) is 6.51. The number of hydrogen-bond donors (Lipinski definition) is 1. The summed E-state index contributed by atoms with van der Waals surface area (Å²) in [5.41, 5.74) is 0.295. The molecule has 1 saturated heterocycles. The summed E-state index contributed by atoms with van der Waals surface area (Å²) < 4.78 is 14.7. The van der Waals surface area contributed by atoms with Crippen molar-refractivity contribution in [1.82, 2.24) is 5.32 Å². The lowest BCUT2D eigenvalue weighted by molar-refractivity contribution is -0.222. The van der Waals surface area contributed by atoms with Crippen LogP contribution in [0.5, 0.6) is 0 Å². The van der Waals surface area contributed by atoms with E-state index in [1.54, 1.807) is 30.3 Å². The van der Waals surface area contributed by atoms with E-state index in [-0.39, 0.29) is 5.57 Å². The quantitative estimate of drug-likeness (QED) is 0.507. The number of carbonyl (C=O) groups excluding carboxylic acids is 3. The van der Waals surface area contributed by atoms with Crippen LogP contribution in [-0.4, -0.2) is 30.8 Å². The average Bonchev–Trinajstić information content (AvgIpc) is 2.49. The van der Waals surface area contributed by atoms with E-state index >= 15 is 0 Å². The lowest BCUT2D eigenvalue weighted by Crippen LogP contribution is -2.42. The van der Waals surface area contributed by atoms with Crippen LogP contribution in [0.4, 0.5) is 0 Å². The van der Waals surface area contributed by atoms with Crippen molar-refractivity contribution in [1.29, 1.82) is 0 Å². The molecule has 1 atom stereocenters. The van der Waals surface area contributed by atoms with Crippen LogP contribution in [0.2, 0.25) is 0 Å². The summed E-state index contributed by atoms with van der Waals surface area (Å²) in [7, 11) is 1.25. The molecule has 2 rings (SSSR count). The van der Waals surface area contributed by atoms with Crippen molar-refractivity contribution in [2.24, 2.45) is 0 Å². The third kappa shape index (κ3) is 3.88. The first-order chi connectivity index (χ1) is 10.8. The highest BCUT2D eigenvalue weighted by Crippen LogP contribution is 2.23. The number of methoxy groups -OCH3 is 1. The van der Waals surface area contributed by atoms with Crippen molar-refractivity contribution >= 4 is 17.9 Å². The maximum Gasteiger partial charge on any atom is 0.350 e. The minimum Gasteiger partial charge on any atom is -0.467 e. The van der Waals surface area contributed by atoms with Crippen LogP contribution >= 0.6 is 0 Å². The Morgan fingerprint density at radius 1 is 1.17 bits per heavy atom. The van der Waals surface area contributed by atoms with Gasteiger partial charge in [-0.15, -0.1) is 0 Å². The fourth-order valence-electron chi connectivity index (χ4n) is 2.01. The van der Waals surface area contributed by atoms with Gasteiger partial charge in [-0.2, -0.15) is 0 Å². The van der Waals surface area contributed by atoms with Gasteiger partial charge in [-0.25, -0.2) is 14.4 Å². The van der Waals surface area contributed by atoms with Gasteiger partial charge in [-0.3, -0.25) is 0 Å². The average molecular weight is 319 g/mol. The Morgan fingerprint density at radius 2 is 1.74 bits per heavy atom. The molecule has 1 fully saturated rings. The molecule has 1 aromatic carbocycles. The van der Waals surface area contributed by atoms with Gasteiger partial charge in [0.15, 0.2) is 5.57 Å². The molecule has 7 nitrogen and oxygen atoms in total. The maximum atomic E-state index is 11.9. The zero-order valence-electron chi connectivity index (χ0n) is 13.0. The normalized spacial score (nSPS) is 17.6. The van der Waals surface area contributed by atoms with Gasteiger partial charge in [0.25, 0.3) is 5.79 Å². The molecule has 0 radical (unpaired) electrons. The zero-order chi connectivity index (χ0) is 17.0. The number of esters is 3. The molecule has 0 bridgehead atoms. The molecule has 7 heteroatoms. The molecule has 0 spiro atoms. The van der Waals surface area contributed by atoms with Gasteiger partial charge in [0.1, 0.15) is 6.04 Å². The largest absolute Gasteiger partial charge is 0.467 e. The number of ether oxygens (including phenoxy) is 3. The van der Waals surface area contributed by atoms with Gasteiger partial charge >= 0.3 is 17.9 Å². The van der Waals surface area contributed by atoms with Crippen LogP contribution in [-0.2, 0) is 28.6 Å². The van der Waals surface area contributed by atoms with Crippen molar-refractivity contribution in [2.45, 2.75) is 25.7 Å². The fourth-order valence-corrected chi connectivity index (χ4v) is 2.01. The van der Waals surface area contributed by atoms with Crippen LogP contribution in [0, 0.1) is 0 Å². The first-order valence-electron chi connectivity index (χ1n) is 6.90. The van der Waals surface area contributed by atoms with Gasteiger partial charge in [0, 0.05) is 20.0 Å². The highest BCUT2D eigenvalue weighted by atomic mass is 16.7. The number of rotatable bonds is 4. The molecule has 122 valence electrons. The van der Waals surface area contributed by atoms with E-state index in [0.717, 1.165) is 6.20 Å². The van der Waals surface area contributed by atoms with Crippen LogP contribution in [0.1, 0.15) is 25.5 Å². The summed E-state index contributed by atoms with van der Waals surface area (Å²) in [6.45, 7) is 2.91. The number of cyclic esters (lactones) is 2. The molecule has 1 unspecified atom stereocenters. The standard InChI is InChI=1S/C16H17NO6/c1-16(2)22-13(18)11(14(19)23-16)9-17-12(15(20)21-3)10-7-5-4-6-8-10/h4-9,12,17H,1-3H3. The highest BCUT2D eigenvalue weighted by molar-refractivity contribution is 6.15. The second-order valence-electron chi connectivity index (χ2n) is 5.27. The van der Waals surface area contributed by atoms with Crippen molar-refractivity contribution in [3.8, 4) is 0 Å². The van der Waals surface area contributed by atoms with E-state index in [1.165, 1.54) is 21.0 Å². The molecule has 0 amide bonds. The highest BCUT2D eigenvalue weighted by Gasteiger charge is 2.39. The predicted octanol–water partition coefficient (Wildman–Crippen LogP) is 1.21. The van der Waals surface area contributed by atoms with Gasteiger partial charge in [0.05, 0.1) is 7.11 Å². The summed E-state index contributed by atoms with van der Waals surface area (Å²) in [5, 5.41) is 2.71. The Kier molecular flexibility index (Phi) is 4.68. The van der Waals surface area contributed by atoms with E-state index in [2.05, 4.69) is 5.32 Å². The fraction of sp³-hybridized carbons (Fsp3) is 0.312. The summed E-state index contributed by atoms with van der Waals surface area (Å²) in [4.78, 5) is 35.6. The molecular formula is C16H17NO6. The lowest BCUT2D eigenvalue weighted by atomic mass is 10.1. The topological polar surface area (TPSA) is 90.9 Å². The van der Waals surface area contributed by atoms with Crippen molar-refractivity contribution in [2.75, 3.05) is 7.11 Å². The molecule has 23 heavy (non-hydrogen) atoms. The Hall–Kier alpha value is -2.83. The first-order valence-corrected chi connectivity index (χ1v) is 6.90. The number of benzene rings is 1. The number of hydrogen-bond acceptors (Lipinski definition) is 7. The molecule has 0 saturated carbocycles. The minimum atomic E-state index is -1.31. The van der Waals surface area contributed by atoms with Crippen LogP contribution < -0.4 is 5.32 Å². The van der Waals surface area contributed by atoms with Gasteiger partial charge in [0.2, 0.25) is 0 Å². The van der Waals surface area contributed by atoms with E-state index in [9.17, 15) is 14.4 Å². The molecular weight excluding hydrogens is 302 g/mol. The summed E-state index contributed by atoms with van der Waals surface area (Å²) in [5.74, 6) is -3.52. The molecule has 1 N–H and O–H groups in total. The third-order valence-corrected chi connectivity index (χ3v) is 3.08. The Balaban J connectivity index is 2.22. The molecule has 1 aliphatic rings. The van der Waals surface area contributed by atoms with E-state index < -0.39 is 29.7 Å². The Labute approximate surface area is 133 Å². The first kappa shape index (κ1) is 16.5. The van der Waals surface area contributed by atoms with Crippen molar-refractivity contribution in [3.63, 3.8) is 0 Å². The van der Waals surface area contributed by atoms with Gasteiger partial charge < -0.3 is 19.5 Å². The van der Waals surface area contributed by atoms with Crippen molar-refractivity contribution in [3.05, 3.63) is 47.7 Å². The summed E-state index contributed by atoms with van der Waals surface area (Å²) >= 11 is 0. The molecule has 0 aliphatic carbocycles. The molecule has 1 aliphatic heterocycles. The van der Waals surface area contributed by atoms with Crippen LogP contribution in [0.3, 0.4) is 0 Å². The van der Waals surface area contributed by atoms with Crippen LogP contribution in [0.25, 0.3) is 0 Å². The summed E-state index contributed by atoms with van der Waals surface area (Å²) in [6.07, 6.45) is 1.11. The predicted molar refractivity (Wildman–Crippen MR) is 78.7 cm³/mol. The minimum absolute atomic E-state index is 0.325. The monoisotopic (exact) mass is 319 g/mol. The van der Waals surface area contributed by atoms with Gasteiger partial charge in [-0.05, 0) is 5.56 Å². The number of nitrogens with one attached hydrogen (secondary N) is 1. The Morgan fingerprint density at radius 3 is 2.26 bits per heavy atom. The second-order valence-corrected chi connectivity index (χ2v) is 5.27. The maximum absolute atomic E-state index is 11.9. The van der Waals surface area contributed by atoms with E-state index in [1.807, 2.05) is 0 Å². The van der Waals surface area contributed by atoms with Gasteiger partial charge in [-0.1, -0.05) is 30.3 Å². The van der Waals surface area contributed by atoms with E-state index in [4.69, 9.17) is 14.2 Å². The third-order valence-electron chi connectivity index (χ3n) is 3.08. The SMILES string of the molecule is COC(=O)C(NC=C1C(=O)OC(C)(C)OC1=O)c1ccccc1. The lowest BCUT2D eigenvalue weighted by Gasteiger charge is -2.30. The molecule has 1 heterocycles. The Bertz CT molecular complexity index is 628. The molecule has 0 aromatic heterocycles. The summed E-state index contributed by atoms with van der Waals surface area (Å²) in [6, 6.07) is 7.87. The zero-order valence-corrected chi connectivity index (χ0v) is 13.0.